The van der Waals surface area contributed by atoms with E-state index in [1.54, 1.807) is 0 Å². The van der Waals surface area contributed by atoms with Gasteiger partial charge < -0.3 is 31.2 Å². The highest BCUT2D eigenvalue weighted by Crippen LogP contribution is 2.20. The van der Waals surface area contributed by atoms with Gasteiger partial charge in [0.2, 0.25) is 11.8 Å². The number of halogens is 1. The predicted molar refractivity (Wildman–Crippen MR) is 103 cm³/mol. The fraction of sp³-hybridized carbons (Fsp3) is 0.389. The van der Waals surface area contributed by atoms with Crippen molar-refractivity contribution in [3.63, 3.8) is 0 Å². The van der Waals surface area contributed by atoms with Gasteiger partial charge in [-0.15, -0.1) is 0 Å². The van der Waals surface area contributed by atoms with Gasteiger partial charge in [0.05, 0.1) is 29.7 Å². The number of hydrogen-bond donors (Lipinski definition) is 4. The minimum atomic E-state index is -1.23. The molecule has 1 saturated heterocycles. The van der Waals surface area contributed by atoms with E-state index in [4.69, 9.17) is 22.4 Å². The van der Waals surface area contributed by atoms with E-state index in [0.29, 0.717) is 31.4 Å². The van der Waals surface area contributed by atoms with Crippen LogP contribution in [0.3, 0.4) is 0 Å². The monoisotopic (exact) mass is 424 g/mol. The Kier molecular flexibility index (Phi) is 7.54. The Balaban J connectivity index is 1.94. The molecule has 29 heavy (non-hydrogen) atoms. The summed E-state index contributed by atoms with van der Waals surface area (Å²) in [6.45, 7) is -0.0258. The molecule has 1 aromatic rings. The zero-order valence-corrected chi connectivity index (χ0v) is 16.1. The maximum Gasteiger partial charge on any atom is 0.305 e. The van der Waals surface area contributed by atoms with Gasteiger partial charge in [-0.25, -0.2) is 0 Å². The van der Waals surface area contributed by atoms with E-state index >= 15 is 0 Å². The number of carboxylic acid groups (broad SMARTS) is 1. The third-order valence-corrected chi connectivity index (χ3v) is 4.75. The molecule has 0 spiro atoms. The summed E-state index contributed by atoms with van der Waals surface area (Å²) in [5.74, 6) is -2.83. The van der Waals surface area contributed by atoms with E-state index in [1.165, 1.54) is 23.1 Å². The predicted octanol–water partition coefficient (Wildman–Crippen LogP) is -0.199. The first kappa shape index (κ1) is 22.2. The number of carboxylic acids is 1. The van der Waals surface area contributed by atoms with Gasteiger partial charge >= 0.3 is 5.97 Å². The molecule has 1 aromatic carbocycles. The van der Waals surface area contributed by atoms with Crippen molar-refractivity contribution < 1.29 is 29.1 Å². The molecular weight excluding hydrogens is 404 g/mol. The molecule has 0 bridgehead atoms. The van der Waals surface area contributed by atoms with Gasteiger partial charge in [-0.05, 0) is 31.0 Å². The molecular formula is C18H21ClN4O6. The third-order valence-electron chi connectivity index (χ3n) is 4.43. The fourth-order valence-electron chi connectivity index (χ4n) is 2.97. The molecule has 0 saturated carbocycles. The summed E-state index contributed by atoms with van der Waals surface area (Å²) in [6, 6.07) is 2.31. The molecule has 156 valence electrons. The zero-order valence-electron chi connectivity index (χ0n) is 15.4. The van der Waals surface area contributed by atoms with Crippen LogP contribution in [0.1, 0.15) is 29.6 Å². The second-order valence-corrected chi connectivity index (χ2v) is 6.92. The van der Waals surface area contributed by atoms with Gasteiger partial charge in [0.1, 0.15) is 12.3 Å². The first-order valence-corrected chi connectivity index (χ1v) is 9.21. The number of hydrogen-bond acceptors (Lipinski definition) is 6. The number of nitrogens with zero attached hydrogens (tertiary/aromatic N) is 1. The second-order valence-electron chi connectivity index (χ2n) is 6.51. The van der Waals surface area contributed by atoms with Crippen LogP contribution >= 0.6 is 11.6 Å². The van der Waals surface area contributed by atoms with Crippen LogP contribution in [-0.2, 0) is 19.2 Å². The Labute approximate surface area is 171 Å². The second kappa shape index (κ2) is 9.87. The molecule has 2 atom stereocenters. The van der Waals surface area contributed by atoms with Crippen molar-refractivity contribution in [2.75, 3.05) is 18.8 Å². The number of nitrogens with two attached hydrogens (primary N) is 1. The minimum Gasteiger partial charge on any atom is -0.481 e. The number of likely N-dealkylation sites (tertiary alicyclic amines) is 1. The standard InChI is InChI=1S/C18H21ClN4O6/c19-12-6-10(3-4-13(12)20)17(28)21-8-15(25)23-5-1-2-14(23)18(29)22-11(9-24)7-16(26)27/h3-4,6,9,11,14H,1-2,5,7-8,20H2,(H,21,28)(H,22,29)(H,26,27)/t11-,14-/m0/s1. The SMILES string of the molecule is Nc1ccc(C(=O)NCC(=O)N2CCC[C@H]2C(=O)N[C@H](C=O)CC(=O)O)cc1Cl. The lowest BCUT2D eigenvalue weighted by atomic mass is 10.1. The summed E-state index contributed by atoms with van der Waals surface area (Å²) in [7, 11) is 0. The van der Waals surface area contributed by atoms with Gasteiger partial charge in [0.25, 0.3) is 5.91 Å². The van der Waals surface area contributed by atoms with Crippen LogP contribution in [0.25, 0.3) is 0 Å². The summed E-state index contributed by atoms with van der Waals surface area (Å²) in [6.07, 6.45) is 0.731. The van der Waals surface area contributed by atoms with E-state index in [9.17, 15) is 24.0 Å². The molecule has 1 fully saturated rings. The minimum absolute atomic E-state index is 0.214. The lowest BCUT2D eigenvalue weighted by molar-refractivity contribution is -0.140. The molecule has 3 amide bonds. The van der Waals surface area contributed by atoms with Crippen molar-refractivity contribution in [2.24, 2.45) is 0 Å². The number of rotatable bonds is 8. The summed E-state index contributed by atoms with van der Waals surface area (Å²) in [5.41, 5.74) is 6.14. The highest BCUT2D eigenvalue weighted by molar-refractivity contribution is 6.33. The number of amides is 3. The summed E-state index contributed by atoms with van der Waals surface area (Å²) in [4.78, 5) is 60.0. The Morgan fingerprint density at radius 1 is 1.34 bits per heavy atom. The molecule has 1 aliphatic rings. The molecule has 0 radical (unpaired) electrons. The maximum absolute atomic E-state index is 12.5. The van der Waals surface area contributed by atoms with E-state index in [1.807, 2.05) is 0 Å². The summed E-state index contributed by atoms with van der Waals surface area (Å²) >= 11 is 5.88. The first-order valence-electron chi connectivity index (χ1n) is 8.83. The first-order chi connectivity index (χ1) is 13.7. The average Bonchev–Trinajstić information content (AvgIpc) is 3.17. The van der Waals surface area contributed by atoms with Crippen LogP contribution in [-0.4, -0.2) is 65.2 Å². The maximum atomic E-state index is 12.5. The number of benzene rings is 1. The number of carbonyl (C=O) groups is 5. The molecule has 0 unspecified atom stereocenters. The lowest BCUT2D eigenvalue weighted by Crippen LogP contribution is -2.51. The highest BCUT2D eigenvalue weighted by atomic mass is 35.5. The van der Waals surface area contributed by atoms with E-state index in [-0.39, 0.29) is 17.1 Å². The summed E-state index contributed by atoms with van der Waals surface area (Å²) < 4.78 is 0. The number of anilines is 1. The van der Waals surface area contributed by atoms with Crippen molar-refractivity contribution in [3.05, 3.63) is 28.8 Å². The van der Waals surface area contributed by atoms with Gasteiger partial charge in [-0.2, -0.15) is 0 Å². The lowest BCUT2D eigenvalue weighted by Gasteiger charge is -2.25. The number of aliphatic carboxylic acids is 1. The van der Waals surface area contributed by atoms with Crippen molar-refractivity contribution in [2.45, 2.75) is 31.3 Å². The molecule has 0 aromatic heterocycles. The van der Waals surface area contributed by atoms with Crippen LogP contribution in [0.2, 0.25) is 5.02 Å². The van der Waals surface area contributed by atoms with E-state index in [2.05, 4.69) is 10.6 Å². The number of nitrogen functional groups attached to an aromatic ring is 1. The van der Waals surface area contributed by atoms with Crippen LogP contribution in [0, 0.1) is 0 Å². The Bertz CT molecular complexity index is 831. The normalized spacial score (nSPS) is 16.7. The molecule has 11 heteroatoms. The third kappa shape index (κ3) is 5.92. The van der Waals surface area contributed by atoms with Crippen molar-refractivity contribution in [1.82, 2.24) is 15.5 Å². The molecule has 5 N–H and O–H groups in total. The van der Waals surface area contributed by atoms with Crippen LogP contribution in [0.5, 0.6) is 0 Å². The number of carbonyl (C=O) groups excluding carboxylic acids is 4. The molecule has 0 aliphatic carbocycles. The Hall–Kier alpha value is -3.14. The van der Waals surface area contributed by atoms with Gasteiger partial charge in [0, 0.05) is 12.1 Å². The largest absolute Gasteiger partial charge is 0.481 e. The quantitative estimate of drug-likeness (QED) is 0.332. The highest BCUT2D eigenvalue weighted by Gasteiger charge is 2.35. The van der Waals surface area contributed by atoms with Crippen molar-refractivity contribution >= 4 is 47.3 Å². The smallest absolute Gasteiger partial charge is 0.305 e. The zero-order chi connectivity index (χ0) is 21.6. The van der Waals surface area contributed by atoms with Crippen molar-refractivity contribution in [1.29, 1.82) is 0 Å². The Morgan fingerprint density at radius 2 is 2.07 bits per heavy atom. The topological polar surface area (TPSA) is 159 Å². The van der Waals surface area contributed by atoms with E-state index in [0.717, 1.165) is 0 Å². The molecule has 1 aliphatic heterocycles. The fourth-order valence-corrected chi connectivity index (χ4v) is 3.15. The summed E-state index contributed by atoms with van der Waals surface area (Å²) in [5, 5.41) is 13.8. The number of nitrogens with one attached hydrogen (secondary N) is 2. The average molecular weight is 425 g/mol. The van der Waals surface area contributed by atoms with Gasteiger partial charge in [-0.1, -0.05) is 11.6 Å². The molecule has 2 rings (SSSR count). The van der Waals surface area contributed by atoms with Crippen molar-refractivity contribution in [3.8, 4) is 0 Å². The molecule has 1 heterocycles. The van der Waals surface area contributed by atoms with Crippen LogP contribution in [0.4, 0.5) is 5.69 Å². The van der Waals surface area contributed by atoms with Crippen LogP contribution in [0.15, 0.2) is 18.2 Å². The van der Waals surface area contributed by atoms with E-state index < -0.39 is 42.2 Å². The van der Waals surface area contributed by atoms with Gasteiger partial charge in [0.15, 0.2) is 0 Å². The van der Waals surface area contributed by atoms with Crippen LogP contribution < -0.4 is 16.4 Å². The van der Waals surface area contributed by atoms with Gasteiger partial charge in [-0.3, -0.25) is 19.2 Å². The Morgan fingerprint density at radius 3 is 2.69 bits per heavy atom. The molecule has 10 nitrogen and oxygen atoms in total. The number of aldehydes is 1.